The molecule has 108 valence electrons. The van der Waals surface area contributed by atoms with Gasteiger partial charge in [-0.05, 0) is 12.3 Å². The van der Waals surface area contributed by atoms with Gasteiger partial charge in [0.25, 0.3) is 0 Å². The molecule has 2 unspecified atom stereocenters. The average Bonchev–Trinajstić information content (AvgIpc) is 2.36. The molecule has 0 heterocycles. The molecule has 0 rings (SSSR count). The summed E-state index contributed by atoms with van der Waals surface area (Å²) in [7, 11) is -2.42. The zero-order chi connectivity index (χ0) is 13.6. The highest BCUT2D eigenvalue weighted by atomic mass is 31.1. The highest BCUT2D eigenvalue weighted by Gasteiger charge is 2.16. The molecule has 0 aliphatic carbocycles. The van der Waals surface area contributed by atoms with E-state index < -0.39 is 8.25 Å². The highest BCUT2D eigenvalue weighted by Crippen LogP contribution is 2.21. The fourth-order valence-corrected chi connectivity index (χ4v) is 2.48. The maximum atomic E-state index is 10.4. The molecule has 0 radical (unpaired) electrons. The van der Waals surface area contributed by atoms with Crippen LogP contribution < -0.4 is 0 Å². The lowest BCUT2D eigenvalue weighted by atomic mass is 9.98. The van der Waals surface area contributed by atoms with Crippen LogP contribution in [0, 0.1) is 5.92 Å². The van der Waals surface area contributed by atoms with Gasteiger partial charge in [-0.15, -0.1) is 9.42 Å². The first-order valence-corrected chi connectivity index (χ1v) is 8.62. The largest absolute Gasteiger partial charge is 0.694 e. The van der Waals surface area contributed by atoms with E-state index in [-0.39, 0.29) is 0 Å². The van der Waals surface area contributed by atoms with Crippen LogP contribution in [0.2, 0.25) is 0 Å². The third-order valence-electron chi connectivity index (χ3n) is 3.46. The van der Waals surface area contributed by atoms with Gasteiger partial charge in [-0.3, -0.25) is 0 Å². The standard InChI is InChI=1S/C14H29O3P/c1-3-5-6-7-8-9-10-11-12-14(4-2)13-17-18(15)16/h14H,3-13H2,1-2H3/p+1. The Morgan fingerprint density at radius 2 is 1.56 bits per heavy atom. The van der Waals surface area contributed by atoms with Crippen molar-refractivity contribution in [2.24, 2.45) is 5.92 Å². The van der Waals surface area contributed by atoms with Crippen molar-refractivity contribution in [3.63, 3.8) is 0 Å². The molecule has 0 aromatic carbocycles. The van der Waals surface area contributed by atoms with Crippen molar-refractivity contribution in [2.45, 2.75) is 78.1 Å². The van der Waals surface area contributed by atoms with Gasteiger partial charge >= 0.3 is 8.25 Å². The van der Waals surface area contributed by atoms with Gasteiger partial charge in [0, 0.05) is 4.57 Å². The van der Waals surface area contributed by atoms with E-state index in [9.17, 15) is 4.57 Å². The maximum Gasteiger partial charge on any atom is 0.694 e. The number of rotatable bonds is 13. The minimum absolute atomic E-state index is 0.429. The molecule has 0 saturated heterocycles. The van der Waals surface area contributed by atoms with E-state index in [1.807, 2.05) is 0 Å². The Kier molecular flexibility index (Phi) is 13.5. The van der Waals surface area contributed by atoms with E-state index in [4.69, 9.17) is 9.42 Å². The van der Waals surface area contributed by atoms with Gasteiger partial charge in [0.05, 0.1) is 0 Å². The topological polar surface area (TPSA) is 46.5 Å². The molecule has 18 heavy (non-hydrogen) atoms. The van der Waals surface area contributed by atoms with Gasteiger partial charge in [0.2, 0.25) is 0 Å². The summed E-state index contributed by atoms with van der Waals surface area (Å²) < 4.78 is 15.2. The predicted molar refractivity (Wildman–Crippen MR) is 76.8 cm³/mol. The Hall–Kier alpha value is 0.0200. The Labute approximate surface area is 113 Å². The molecule has 0 spiro atoms. The normalized spacial score (nSPS) is 13.6. The summed E-state index contributed by atoms with van der Waals surface area (Å²) in [6, 6.07) is 0. The van der Waals surface area contributed by atoms with Gasteiger partial charge in [-0.25, -0.2) is 0 Å². The van der Waals surface area contributed by atoms with Gasteiger partial charge < -0.3 is 0 Å². The molecule has 0 aromatic rings. The molecule has 0 aromatic heterocycles. The summed E-state index contributed by atoms with van der Waals surface area (Å²) in [6.45, 7) is 4.79. The first-order chi connectivity index (χ1) is 8.70. The van der Waals surface area contributed by atoms with Crippen LogP contribution in [-0.4, -0.2) is 11.5 Å². The van der Waals surface area contributed by atoms with Gasteiger partial charge in [0.1, 0.15) is 6.61 Å². The third-order valence-corrected chi connectivity index (χ3v) is 3.83. The Bertz CT molecular complexity index is 197. The molecule has 3 nitrogen and oxygen atoms in total. The molecular weight excluding hydrogens is 247 g/mol. The second-order valence-corrected chi connectivity index (χ2v) is 5.81. The lowest BCUT2D eigenvalue weighted by Crippen LogP contribution is -2.05. The van der Waals surface area contributed by atoms with Crippen molar-refractivity contribution in [1.29, 1.82) is 0 Å². The van der Waals surface area contributed by atoms with Crippen LogP contribution in [0.4, 0.5) is 0 Å². The zero-order valence-corrected chi connectivity index (χ0v) is 13.0. The fourth-order valence-electron chi connectivity index (χ4n) is 2.14. The molecule has 0 aliphatic rings. The van der Waals surface area contributed by atoms with Crippen molar-refractivity contribution >= 4 is 8.25 Å². The Balaban J connectivity index is 3.31. The molecule has 0 fully saturated rings. The molecule has 0 aliphatic heterocycles. The highest BCUT2D eigenvalue weighted by molar-refractivity contribution is 7.32. The van der Waals surface area contributed by atoms with E-state index in [2.05, 4.69) is 13.8 Å². The summed E-state index contributed by atoms with van der Waals surface area (Å²) in [4.78, 5) is 8.60. The van der Waals surface area contributed by atoms with Crippen molar-refractivity contribution < 1.29 is 14.0 Å². The van der Waals surface area contributed by atoms with Crippen molar-refractivity contribution in [2.75, 3.05) is 6.61 Å². The fraction of sp³-hybridized carbons (Fsp3) is 1.00. The van der Waals surface area contributed by atoms with E-state index in [1.54, 1.807) is 0 Å². The summed E-state index contributed by atoms with van der Waals surface area (Å²) in [5.41, 5.74) is 0. The van der Waals surface area contributed by atoms with Crippen LogP contribution >= 0.6 is 8.25 Å². The number of hydrogen-bond donors (Lipinski definition) is 1. The van der Waals surface area contributed by atoms with Crippen LogP contribution in [-0.2, 0) is 9.09 Å². The van der Waals surface area contributed by atoms with E-state index in [1.165, 1.54) is 51.4 Å². The quantitative estimate of drug-likeness (QED) is 0.371. The predicted octanol–water partition coefficient (Wildman–Crippen LogP) is 5.21. The Morgan fingerprint density at radius 3 is 2.06 bits per heavy atom. The lowest BCUT2D eigenvalue weighted by molar-refractivity contribution is 0.217. The average molecular weight is 277 g/mol. The van der Waals surface area contributed by atoms with Crippen LogP contribution in [0.25, 0.3) is 0 Å². The smallest absolute Gasteiger partial charge is 0.133 e. The molecule has 1 N–H and O–H groups in total. The summed E-state index contributed by atoms with van der Waals surface area (Å²) in [6.07, 6.45) is 12.8. The molecule has 0 amide bonds. The number of hydrogen-bond acceptors (Lipinski definition) is 2. The summed E-state index contributed by atoms with van der Waals surface area (Å²) in [5.74, 6) is 0.441. The van der Waals surface area contributed by atoms with Crippen molar-refractivity contribution in [3.8, 4) is 0 Å². The second kappa shape index (κ2) is 13.5. The van der Waals surface area contributed by atoms with Crippen LogP contribution in [0.5, 0.6) is 0 Å². The van der Waals surface area contributed by atoms with E-state index in [0.717, 1.165) is 12.8 Å². The molecular formula is C14H30O3P+. The SMILES string of the molecule is CCCCCCCCCCC(CC)CO[P+](=O)O. The van der Waals surface area contributed by atoms with Crippen LogP contribution in [0.15, 0.2) is 0 Å². The van der Waals surface area contributed by atoms with E-state index in [0.29, 0.717) is 12.5 Å². The second-order valence-electron chi connectivity index (χ2n) is 5.07. The zero-order valence-electron chi connectivity index (χ0n) is 12.1. The maximum absolute atomic E-state index is 10.4. The van der Waals surface area contributed by atoms with Gasteiger partial charge in [-0.2, -0.15) is 0 Å². The first kappa shape index (κ1) is 18.0. The minimum atomic E-state index is -2.42. The van der Waals surface area contributed by atoms with Crippen molar-refractivity contribution in [3.05, 3.63) is 0 Å². The minimum Gasteiger partial charge on any atom is -0.133 e. The molecule has 0 bridgehead atoms. The third kappa shape index (κ3) is 12.5. The van der Waals surface area contributed by atoms with Gasteiger partial charge in [0.15, 0.2) is 0 Å². The summed E-state index contributed by atoms with van der Waals surface area (Å²) >= 11 is 0. The molecule has 4 heteroatoms. The summed E-state index contributed by atoms with van der Waals surface area (Å²) in [5, 5.41) is 0. The van der Waals surface area contributed by atoms with Gasteiger partial charge in [-0.1, -0.05) is 71.6 Å². The van der Waals surface area contributed by atoms with Crippen molar-refractivity contribution in [1.82, 2.24) is 0 Å². The first-order valence-electron chi connectivity index (χ1n) is 7.49. The molecule has 2 atom stereocenters. The molecule has 0 saturated carbocycles. The monoisotopic (exact) mass is 277 g/mol. The number of unbranched alkanes of at least 4 members (excludes halogenated alkanes) is 7. The van der Waals surface area contributed by atoms with Crippen LogP contribution in [0.3, 0.4) is 0 Å². The van der Waals surface area contributed by atoms with E-state index >= 15 is 0 Å². The lowest BCUT2D eigenvalue weighted by Gasteiger charge is -2.10. The Morgan fingerprint density at radius 1 is 1.00 bits per heavy atom. The van der Waals surface area contributed by atoms with Crippen LogP contribution in [0.1, 0.15) is 78.1 Å².